The van der Waals surface area contributed by atoms with E-state index in [9.17, 15) is 14.4 Å². The molecular weight excluding hydrogens is 414 g/mol. The maximum atomic E-state index is 13.0. The van der Waals surface area contributed by atoms with E-state index in [0.717, 1.165) is 22.4 Å². The SMILES string of the molecule is Cc1cccc(N2C[C@H](C(=O)Nc3ccccc3C(=O)NCc3ccccc3)CC2=O)c1C. The molecule has 3 aromatic rings. The number of rotatable bonds is 6. The Labute approximate surface area is 193 Å². The van der Waals surface area contributed by atoms with Gasteiger partial charge in [0.2, 0.25) is 11.8 Å². The number of nitrogens with one attached hydrogen (secondary N) is 2. The van der Waals surface area contributed by atoms with Crippen LogP contribution in [0.3, 0.4) is 0 Å². The van der Waals surface area contributed by atoms with Crippen molar-refractivity contribution in [3.63, 3.8) is 0 Å². The minimum absolute atomic E-state index is 0.0715. The number of hydrogen-bond donors (Lipinski definition) is 2. The van der Waals surface area contributed by atoms with E-state index >= 15 is 0 Å². The van der Waals surface area contributed by atoms with Gasteiger partial charge >= 0.3 is 0 Å². The molecule has 3 aromatic carbocycles. The molecule has 0 spiro atoms. The zero-order valence-electron chi connectivity index (χ0n) is 18.8. The van der Waals surface area contributed by atoms with Crippen LogP contribution in [0.2, 0.25) is 0 Å². The number of nitrogens with zero attached hydrogens (tertiary/aromatic N) is 1. The van der Waals surface area contributed by atoms with Gasteiger partial charge in [-0.2, -0.15) is 0 Å². The lowest BCUT2D eigenvalue weighted by Crippen LogP contribution is -2.30. The minimum Gasteiger partial charge on any atom is -0.348 e. The number of amides is 3. The molecular formula is C27H27N3O3. The molecule has 0 saturated carbocycles. The Kier molecular flexibility index (Phi) is 6.54. The van der Waals surface area contributed by atoms with E-state index in [1.165, 1.54) is 0 Å². The van der Waals surface area contributed by atoms with Gasteiger partial charge in [-0.15, -0.1) is 0 Å². The van der Waals surface area contributed by atoms with Crippen molar-refractivity contribution in [1.82, 2.24) is 5.32 Å². The van der Waals surface area contributed by atoms with Crippen molar-refractivity contribution >= 4 is 29.1 Å². The number of carbonyl (C=O) groups excluding carboxylic acids is 3. The summed E-state index contributed by atoms with van der Waals surface area (Å²) in [4.78, 5) is 40.2. The quantitative estimate of drug-likeness (QED) is 0.601. The third-order valence-electron chi connectivity index (χ3n) is 6.09. The molecule has 0 unspecified atom stereocenters. The number of benzene rings is 3. The fourth-order valence-corrected chi connectivity index (χ4v) is 4.04. The molecule has 6 nitrogen and oxygen atoms in total. The molecule has 2 N–H and O–H groups in total. The second kappa shape index (κ2) is 9.69. The number of para-hydroxylation sites is 1. The Hall–Kier alpha value is -3.93. The van der Waals surface area contributed by atoms with Crippen LogP contribution in [0.4, 0.5) is 11.4 Å². The predicted molar refractivity (Wildman–Crippen MR) is 129 cm³/mol. The van der Waals surface area contributed by atoms with Crippen molar-refractivity contribution in [2.24, 2.45) is 5.92 Å². The van der Waals surface area contributed by atoms with Gasteiger partial charge in [0.25, 0.3) is 5.91 Å². The molecule has 1 aliphatic heterocycles. The first-order chi connectivity index (χ1) is 15.9. The molecule has 0 bridgehead atoms. The first-order valence-electron chi connectivity index (χ1n) is 11.0. The molecule has 1 fully saturated rings. The summed E-state index contributed by atoms with van der Waals surface area (Å²) in [5, 5.41) is 5.76. The highest BCUT2D eigenvalue weighted by Gasteiger charge is 2.36. The average molecular weight is 442 g/mol. The van der Waals surface area contributed by atoms with E-state index in [-0.39, 0.29) is 24.1 Å². The molecule has 0 aliphatic carbocycles. The molecule has 4 rings (SSSR count). The molecule has 6 heteroatoms. The van der Waals surface area contributed by atoms with Crippen molar-refractivity contribution in [1.29, 1.82) is 0 Å². The predicted octanol–water partition coefficient (Wildman–Crippen LogP) is 4.23. The summed E-state index contributed by atoms with van der Waals surface area (Å²) in [6, 6.07) is 22.4. The normalized spacial score (nSPS) is 15.4. The maximum absolute atomic E-state index is 13.0. The molecule has 1 heterocycles. The van der Waals surface area contributed by atoms with Gasteiger partial charge in [0, 0.05) is 25.2 Å². The topological polar surface area (TPSA) is 78.5 Å². The number of hydrogen-bond acceptors (Lipinski definition) is 3. The van der Waals surface area contributed by atoms with Crippen LogP contribution in [-0.4, -0.2) is 24.3 Å². The van der Waals surface area contributed by atoms with Crippen LogP contribution >= 0.6 is 0 Å². The van der Waals surface area contributed by atoms with Gasteiger partial charge < -0.3 is 15.5 Å². The summed E-state index contributed by atoms with van der Waals surface area (Å²) in [7, 11) is 0. The number of carbonyl (C=O) groups is 3. The van der Waals surface area contributed by atoms with E-state index in [2.05, 4.69) is 10.6 Å². The standard InChI is InChI=1S/C27H27N3O3/c1-18-9-8-14-24(19(18)2)30-17-21(15-25(30)31)26(32)29-23-13-7-6-12-22(23)27(33)28-16-20-10-4-3-5-11-20/h3-14,21H,15-17H2,1-2H3,(H,28,33)(H,29,32)/t21-/m1/s1. The molecule has 1 saturated heterocycles. The monoisotopic (exact) mass is 441 g/mol. The van der Waals surface area contributed by atoms with Crippen molar-refractivity contribution < 1.29 is 14.4 Å². The van der Waals surface area contributed by atoms with E-state index in [1.54, 1.807) is 29.2 Å². The van der Waals surface area contributed by atoms with Crippen LogP contribution in [0, 0.1) is 19.8 Å². The highest BCUT2D eigenvalue weighted by atomic mass is 16.2. The fraction of sp³-hybridized carbons (Fsp3) is 0.222. The van der Waals surface area contributed by atoms with Crippen LogP contribution in [0.5, 0.6) is 0 Å². The van der Waals surface area contributed by atoms with Gasteiger partial charge in [0.15, 0.2) is 0 Å². The van der Waals surface area contributed by atoms with Crippen molar-refractivity contribution in [2.45, 2.75) is 26.8 Å². The highest BCUT2D eigenvalue weighted by Crippen LogP contribution is 2.30. The second-order valence-corrected chi connectivity index (χ2v) is 8.33. The molecule has 1 aliphatic rings. The average Bonchev–Trinajstić information content (AvgIpc) is 3.22. The van der Waals surface area contributed by atoms with Gasteiger partial charge in [-0.25, -0.2) is 0 Å². The molecule has 0 aromatic heterocycles. The maximum Gasteiger partial charge on any atom is 0.253 e. The molecule has 0 radical (unpaired) electrons. The van der Waals surface area contributed by atoms with Crippen LogP contribution < -0.4 is 15.5 Å². The Bertz CT molecular complexity index is 1190. The lowest BCUT2D eigenvalue weighted by molar-refractivity contribution is -0.122. The summed E-state index contributed by atoms with van der Waals surface area (Å²) < 4.78 is 0. The first-order valence-corrected chi connectivity index (χ1v) is 11.0. The zero-order valence-corrected chi connectivity index (χ0v) is 18.8. The minimum atomic E-state index is -0.488. The van der Waals surface area contributed by atoms with Crippen LogP contribution in [0.25, 0.3) is 0 Å². The molecule has 1 atom stereocenters. The number of aryl methyl sites for hydroxylation is 1. The Morgan fingerprint density at radius 1 is 0.939 bits per heavy atom. The van der Waals surface area contributed by atoms with Gasteiger partial charge in [-0.3, -0.25) is 14.4 Å². The molecule has 168 valence electrons. The second-order valence-electron chi connectivity index (χ2n) is 8.33. The van der Waals surface area contributed by atoms with Crippen molar-refractivity contribution in [2.75, 3.05) is 16.8 Å². The lowest BCUT2D eigenvalue weighted by Gasteiger charge is -2.20. The summed E-state index contributed by atoms with van der Waals surface area (Å²) in [5.74, 6) is -1.09. The van der Waals surface area contributed by atoms with Gasteiger partial charge in [0.05, 0.1) is 17.2 Å². The Morgan fingerprint density at radius 3 is 2.45 bits per heavy atom. The van der Waals surface area contributed by atoms with Crippen molar-refractivity contribution in [3.8, 4) is 0 Å². The van der Waals surface area contributed by atoms with E-state index < -0.39 is 5.92 Å². The molecule has 3 amide bonds. The van der Waals surface area contributed by atoms with Crippen LogP contribution in [0.15, 0.2) is 72.8 Å². The highest BCUT2D eigenvalue weighted by molar-refractivity contribution is 6.07. The van der Waals surface area contributed by atoms with Gasteiger partial charge in [0.1, 0.15) is 0 Å². The van der Waals surface area contributed by atoms with Gasteiger partial charge in [-0.1, -0.05) is 54.6 Å². The fourth-order valence-electron chi connectivity index (χ4n) is 4.04. The van der Waals surface area contributed by atoms with Gasteiger partial charge in [-0.05, 0) is 48.7 Å². The van der Waals surface area contributed by atoms with E-state index in [0.29, 0.717) is 24.3 Å². The number of anilines is 2. The molecule has 33 heavy (non-hydrogen) atoms. The summed E-state index contributed by atoms with van der Waals surface area (Å²) >= 11 is 0. The summed E-state index contributed by atoms with van der Waals surface area (Å²) in [6.07, 6.45) is 0.140. The largest absolute Gasteiger partial charge is 0.348 e. The van der Waals surface area contributed by atoms with Crippen molar-refractivity contribution in [3.05, 3.63) is 95.1 Å². The van der Waals surface area contributed by atoms with Crippen LogP contribution in [-0.2, 0) is 16.1 Å². The summed E-state index contributed by atoms with van der Waals surface area (Å²) in [5.41, 5.74) is 4.79. The third kappa shape index (κ3) is 4.95. The lowest BCUT2D eigenvalue weighted by atomic mass is 10.1. The third-order valence-corrected chi connectivity index (χ3v) is 6.09. The van der Waals surface area contributed by atoms with E-state index in [1.807, 2.05) is 62.4 Å². The van der Waals surface area contributed by atoms with Crippen LogP contribution in [0.1, 0.15) is 33.5 Å². The first kappa shape index (κ1) is 22.3. The zero-order chi connectivity index (χ0) is 23.4. The summed E-state index contributed by atoms with van der Waals surface area (Å²) in [6.45, 7) is 4.69. The van der Waals surface area contributed by atoms with E-state index in [4.69, 9.17) is 0 Å². The smallest absolute Gasteiger partial charge is 0.253 e. The Morgan fingerprint density at radius 2 is 1.67 bits per heavy atom. The Balaban J connectivity index is 1.44.